The van der Waals surface area contributed by atoms with Crippen LogP contribution in [0.1, 0.15) is 26.7 Å². The lowest BCUT2D eigenvalue weighted by molar-refractivity contribution is -0.119. The van der Waals surface area contributed by atoms with Gasteiger partial charge in [0.1, 0.15) is 15.6 Å². The Morgan fingerprint density at radius 3 is 2.43 bits per heavy atom. The molecule has 0 spiro atoms. The summed E-state index contributed by atoms with van der Waals surface area (Å²) in [4.78, 5) is 11.3. The van der Waals surface area contributed by atoms with Gasteiger partial charge in [-0.05, 0) is 12.5 Å². The van der Waals surface area contributed by atoms with Gasteiger partial charge in [-0.2, -0.15) is 0 Å². The monoisotopic (exact) mass is 221 g/mol. The largest absolute Gasteiger partial charge is 0.330 e. The van der Waals surface area contributed by atoms with Gasteiger partial charge in [-0.25, -0.2) is 8.42 Å². The number of ketones is 1. The maximum Gasteiger partial charge on any atom is 0.150 e. The van der Waals surface area contributed by atoms with Gasteiger partial charge in [0.05, 0.1) is 5.75 Å². The van der Waals surface area contributed by atoms with E-state index in [4.69, 9.17) is 5.73 Å². The third-order valence-corrected chi connectivity index (χ3v) is 3.82. The van der Waals surface area contributed by atoms with Crippen molar-refractivity contribution >= 4 is 15.6 Å². The number of rotatable bonds is 7. The summed E-state index contributed by atoms with van der Waals surface area (Å²) in [5, 5.41) is 0. The fraction of sp³-hybridized carbons (Fsp3) is 0.889. The molecule has 84 valence electrons. The van der Waals surface area contributed by atoms with E-state index >= 15 is 0 Å². The Balaban J connectivity index is 3.86. The number of sulfone groups is 1. The highest BCUT2D eigenvalue weighted by Gasteiger charge is 2.12. The van der Waals surface area contributed by atoms with E-state index in [0.717, 1.165) is 0 Å². The van der Waals surface area contributed by atoms with Crippen LogP contribution in [0, 0.1) is 5.92 Å². The molecule has 4 nitrogen and oxygen atoms in total. The molecular formula is C9H19NO3S. The van der Waals surface area contributed by atoms with Crippen molar-refractivity contribution in [3.05, 3.63) is 0 Å². The van der Waals surface area contributed by atoms with Gasteiger partial charge >= 0.3 is 0 Å². The molecule has 1 atom stereocenters. The van der Waals surface area contributed by atoms with Crippen LogP contribution in [-0.2, 0) is 14.6 Å². The molecular weight excluding hydrogens is 202 g/mol. The van der Waals surface area contributed by atoms with Crippen molar-refractivity contribution in [3.63, 3.8) is 0 Å². The number of Topliss-reactive ketones (excluding diaryl/α,β-unsaturated/α-hetero) is 1. The van der Waals surface area contributed by atoms with Gasteiger partial charge in [0, 0.05) is 18.6 Å². The highest BCUT2D eigenvalue weighted by atomic mass is 32.2. The Hall–Kier alpha value is -0.420. The zero-order chi connectivity index (χ0) is 11.2. The second kappa shape index (κ2) is 6.14. The van der Waals surface area contributed by atoms with Crippen LogP contribution in [0.2, 0.25) is 0 Å². The van der Waals surface area contributed by atoms with E-state index in [1.54, 1.807) is 6.92 Å². The van der Waals surface area contributed by atoms with Crippen LogP contribution in [0.3, 0.4) is 0 Å². The van der Waals surface area contributed by atoms with Crippen molar-refractivity contribution < 1.29 is 13.2 Å². The minimum Gasteiger partial charge on any atom is -0.330 e. The van der Waals surface area contributed by atoms with Gasteiger partial charge < -0.3 is 5.73 Å². The quantitative estimate of drug-likeness (QED) is 0.673. The lowest BCUT2D eigenvalue weighted by atomic mass is 10.0. The number of hydrogen-bond donors (Lipinski definition) is 1. The number of hydrogen-bond acceptors (Lipinski definition) is 4. The van der Waals surface area contributed by atoms with Crippen LogP contribution in [0.25, 0.3) is 0 Å². The van der Waals surface area contributed by atoms with Crippen LogP contribution in [0.4, 0.5) is 0 Å². The smallest absolute Gasteiger partial charge is 0.150 e. The average molecular weight is 221 g/mol. The summed E-state index contributed by atoms with van der Waals surface area (Å²) < 4.78 is 22.2. The standard InChI is InChI=1S/C9H19NO3S/c1-3-14(12,13)5-4-9(11)6-8(2)7-10/h8H,3-7,10H2,1-2H3. The molecule has 0 aromatic carbocycles. The molecule has 1 unspecified atom stereocenters. The predicted octanol–water partition coefficient (Wildman–Crippen LogP) is 0.365. The first kappa shape index (κ1) is 13.6. The van der Waals surface area contributed by atoms with Crippen LogP contribution < -0.4 is 5.73 Å². The van der Waals surface area contributed by atoms with Gasteiger partial charge in [0.15, 0.2) is 0 Å². The van der Waals surface area contributed by atoms with E-state index in [2.05, 4.69) is 0 Å². The maximum absolute atomic E-state index is 11.3. The molecule has 0 aromatic rings. The van der Waals surface area contributed by atoms with Gasteiger partial charge in [-0.3, -0.25) is 4.79 Å². The summed E-state index contributed by atoms with van der Waals surface area (Å²) in [6.07, 6.45) is 0.510. The summed E-state index contributed by atoms with van der Waals surface area (Å²) in [5.74, 6) is 0.207. The van der Waals surface area contributed by atoms with Crippen LogP contribution >= 0.6 is 0 Å². The average Bonchev–Trinajstić information content (AvgIpc) is 2.15. The summed E-state index contributed by atoms with van der Waals surface area (Å²) >= 11 is 0. The Morgan fingerprint density at radius 1 is 1.43 bits per heavy atom. The first-order valence-electron chi connectivity index (χ1n) is 4.83. The SMILES string of the molecule is CCS(=O)(=O)CCC(=O)CC(C)CN. The molecule has 0 aliphatic heterocycles. The fourth-order valence-corrected chi connectivity index (χ4v) is 1.82. The Morgan fingerprint density at radius 2 is 2.00 bits per heavy atom. The zero-order valence-corrected chi connectivity index (χ0v) is 9.64. The summed E-state index contributed by atoms with van der Waals surface area (Å²) in [6, 6.07) is 0. The topological polar surface area (TPSA) is 77.2 Å². The zero-order valence-electron chi connectivity index (χ0n) is 8.82. The predicted molar refractivity (Wildman–Crippen MR) is 56.8 cm³/mol. The Kier molecular flexibility index (Phi) is 5.95. The maximum atomic E-state index is 11.3. The van der Waals surface area contributed by atoms with Crippen LogP contribution in [0.15, 0.2) is 0 Å². The molecule has 0 aromatic heterocycles. The molecule has 0 saturated carbocycles. The molecule has 5 heteroatoms. The second-order valence-corrected chi connectivity index (χ2v) is 6.04. The summed E-state index contributed by atoms with van der Waals surface area (Å²) in [6.45, 7) is 3.93. The minimum absolute atomic E-state index is 0.0139. The van der Waals surface area contributed by atoms with E-state index < -0.39 is 9.84 Å². The summed E-state index contributed by atoms with van der Waals surface area (Å²) in [5.41, 5.74) is 5.36. The molecule has 0 aliphatic carbocycles. The highest BCUT2D eigenvalue weighted by molar-refractivity contribution is 7.91. The van der Waals surface area contributed by atoms with Crippen molar-refractivity contribution in [1.29, 1.82) is 0 Å². The lowest BCUT2D eigenvalue weighted by Gasteiger charge is -2.06. The third-order valence-electron chi connectivity index (χ3n) is 2.11. The second-order valence-electron chi connectivity index (χ2n) is 3.57. The van der Waals surface area contributed by atoms with E-state index in [-0.39, 0.29) is 29.6 Å². The van der Waals surface area contributed by atoms with E-state index in [0.29, 0.717) is 13.0 Å². The third kappa shape index (κ3) is 6.10. The van der Waals surface area contributed by atoms with Gasteiger partial charge in [0.2, 0.25) is 0 Å². The van der Waals surface area contributed by atoms with Crippen LogP contribution in [0.5, 0.6) is 0 Å². The minimum atomic E-state index is -3.01. The van der Waals surface area contributed by atoms with Crippen molar-refractivity contribution in [2.75, 3.05) is 18.1 Å². The van der Waals surface area contributed by atoms with Crippen molar-refractivity contribution in [1.82, 2.24) is 0 Å². The number of carbonyl (C=O) groups is 1. The number of carbonyl (C=O) groups excluding carboxylic acids is 1. The Bertz CT molecular complexity index is 272. The van der Waals surface area contributed by atoms with E-state index in [1.807, 2.05) is 6.92 Å². The molecule has 14 heavy (non-hydrogen) atoms. The van der Waals surface area contributed by atoms with Crippen molar-refractivity contribution in [3.8, 4) is 0 Å². The highest BCUT2D eigenvalue weighted by Crippen LogP contribution is 2.04. The molecule has 0 heterocycles. The fourth-order valence-electron chi connectivity index (χ4n) is 0.988. The van der Waals surface area contributed by atoms with Gasteiger partial charge in [-0.15, -0.1) is 0 Å². The molecule has 0 rings (SSSR count). The van der Waals surface area contributed by atoms with Crippen molar-refractivity contribution in [2.24, 2.45) is 11.7 Å². The molecule has 0 bridgehead atoms. The molecule has 0 amide bonds. The van der Waals surface area contributed by atoms with Gasteiger partial charge in [-0.1, -0.05) is 13.8 Å². The molecule has 0 saturated heterocycles. The van der Waals surface area contributed by atoms with E-state index in [1.165, 1.54) is 0 Å². The van der Waals surface area contributed by atoms with Crippen LogP contribution in [-0.4, -0.2) is 32.3 Å². The normalized spacial score (nSPS) is 13.9. The number of nitrogens with two attached hydrogens (primary N) is 1. The van der Waals surface area contributed by atoms with Crippen molar-refractivity contribution in [2.45, 2.75) is 26.7 Å². The first-order valence-corrected chi connectivity index (χ1v) is 6.65. The Labute approximate surface area is 85.8 Å². The molecule has 0 fully saturated rings. The molecule has 2 N–H and O–H groups in total. The first-order chi connectivity index (χ1) is 6.41. The molecule has 0 radical (unpaired) electrons. The summed E-state index contributed by atoms with van der Waals surface area (Å²) in [7, 11) is -3.01. The van der Waals surface area contributed by atoms with E-state index in [9.17, 15) is 13.2 Å². The van der Waals surface area contributed by atoms with Gasteiger partial charge in [0.25, 0.3) is 0 Å². The lowest BCUT2D eigenvalue weighted by Crippen LogP contribution is -2.18. The molecule has 0 aliphatic rings.